The number of aromatic nitrogens is 3. The van der Waals surface area contributed by atoms with Gasteiger partial charge in [0, 0.05) is 30.6 Å². The normalized spacial score (nSPS) is 15.9. The van der Waals surface area contributed by atoms with Crippen LogP contribution in [0.25, 0.3) is 11.0 Å². The van der Waals surface area contributed by atoms with E-state index in [1.165, 1.54) is 0 Å². The van der Waals surface area contributed by atoms with E-state index in [0.29, 0.717) is 47.8 Å². The lowest BCUT2D eigenvalue weighted by Crippen LogP contribution is -2.23. The summed E-state index contributed by atoms with van der Waals surface area (Å²) in [5.41, 5.74) is 3.20. The van der Waals surface area contributed by atoms with Crippen LogP contribution in [0.15, 0.2) is 24.4 Å². The van der Waals surface area contributed by atoms with Gasteiger partial charge in [-0.15, -0.1) is 0 Å². The number of pyridine rings is 1. The van der Waals surface area contributed by atoms with Crippen molar-refractivity contribution in [3.63, 3.8) is 0 Å². The third-order valence-corrected chi connectivity index (χ3v) is 5.91. The highest BCUT2D eigenvalue weighted by molar-refractivity contribution is 6.32. The van der Waals surface area contributed by atoms with Gasteiger partial charge in [0.15, 0.2) is 17.1 Å². The first-order valence-corrected chi connectivity index (χ1v) is 11.1. The summed E-state index contributed by atoms with van der Waals surface area (Å²) in [4.78, 5) is 18.0. The largest absolute Gasteiger partial charge is 0.489 e. The minimum absolute atomic E-state index is 0.152. The first-order valence-electron chi connectivity index (χ1n) is 10.8. The molecular formula is C23H25ClN4O3. The fourth-order valence-electron chi connectivity index (χ4n) is 3.86. The van der Waals surface area contributed by atoms with E-state index in [2.05, 4.69) is 24.3 Å². The van der Waals surface area contributed by atoms with Gasteiger partial charge in [0.2, 0.25) is 0 Å². The molecule has 0 radical (unpaired) electrons. The highest BCUT2D eigenvalue weighted by Crippen LogP contribution is 2.40. The molecule has 1 aromatic carbocycles. The quantitative estimate of drug-likeness (QED) is 0.625. The van der Waals surface area contributed by atoms with Gasteiger partial charge in [-0.2, -0.15) is 5.10 Å². The monoisotopic (exact) mass is 440 g/mol. The number of nitrogens with zero attached hydrogens (tertiary/aromatic N) is 3. The molecule has 7 nitrogen and oxygen atoms in total. The van der Waals surface area contributed by atoms with Gasteiger partial charge in [0.25, 0.3) is 5.91 Å². The standard InChI is InChI=1S/C23H25ClN4O3/c1-13(2)28-22-17(12-26-28)16(10-19(27-22)15-4-5-15)23(29)25-11-14-8-18(24)21-20(9-14)30-6-3-7-31-21/h8-10,12-13,15H,3-7,11H2,1-2H3,(H,25,29). The number of fused-ring (bicyclic) bond motifs is 2. The summed E-state index contributed by atoms with van der Waals surface area (Å²) in [5, 5.41) is 8.76. The van der Waals surface area contributed by atoms with Gasteiger partial charge in [-0.25, -0.2) is 9.67 Å². The van der Waals surface area contributed by atoms with Crippen LogP contribution in [0.4, 0.5) is 0 Å². The van der Waals surface area contributed by atoms with E-state index in [1.807, 2.05) is 22.9 Å². The van der Waals surface area contributed by atoms with E-state index in [9.17, 15) is 4.79 Å². The fourth-order valence-corrected chi connectivity index (χ4v) is 4.14. The Balaban J connectivity index is 1.42. The maximum Gasteiger partial charge on any atom is 0.252 e. The van der Waals surface area contributed by atoms with Gasteiger partial charge in [0.05, 0.1) is 35.4 Å². The highest BCUT2D eigenvalue weighted by atomic mass is 35.5. The van der Waals surface area contributed by atoms with E-state index in [-0.39, 0.29) is 11.9 Å². The number of halogens is 1. The van der Waals surface area contributed by atoms with E-state index < -0.39 is 0 Å². The number of rotatable bonds is 5. The molecule has 0 unspecified atom stereocenters. The van der Waals surface area contributed by atoms with Crippen LogP contribution in [0.5, 0.6) is 11.5 Å². The number of nitrogens with one attached hydrogen (secondary N) is 1. The average Bonchev–Trinajstić information content (AvgIpc) is 3.54. The number of hydrogen-bond acceptors (Lipinski definition) is 5. The van der Waals surface area contributed by atoms with Crippen molar-refractivity contribution in [1.29, 1.82) is 0 Å². The number of ether oxygens (including phenoxy) is 2. The molecule has 1 aliphatic heterocycles. The molecule has 0 atom stereocenters. The molecule has 1 fully saturated rings. The summed E-state index contributed by atoms with van der Waals surface area (Å²) >= 11 is 6.39. The number of carbonyl (C=O) groups is 1. The molecule has 1 aliphatic carbocycles. The predicted molar refractivity (Wildman–Crippen MR) is 118 cm³/mol. The summed E-state index contributed by atoms with van der Waals surface area (Å²) in [7, 11) is 0. The van der Waals surface area contributed by atoms with Gasteiger partial charge in [-0.05, 0) is 50.5 Å². The number of hydrogen-bond donors (Lipinski definition) is 1. The molecule has 0 bridgehead atoms. The molecule has 5 rings (SSSR count). The van der Waals surface area contributed by atoms with Gasteiger partial charge in [-0.1, -0.05) is 11.6 Å². The van der Waals surface area contributed by atoms with Crippen LogP contribution in [-0.2, 0) is 6.54 Å². The third kappa shape index (κ3) is 3.94. The van der Waals surface area contributed by atoms with Crippen molar-refractivity contribution in [2.24, 2.45) is 0 Å². The van der Waals surface area contributed by atoms with E-state index in [4.69, 9.17) is 26.1 Å². The van der Waals surface area contributed by atoms with Crippen molar-refractivity contribution < 1.29 is 14.3 Å². The van der Waals surface area contributed by atoms with Crippen LogP contribution >= 0.6 is 11.6 Å². The Hall–Kier alpha value is -2.80. The van der Waals surface area contributed by atoms with Crippen molar-refractivity contribution in [2.45, 2.75) is 51.6 Å². The fraction of sp³-hybridized carbons (Fsp3) is 0.435. The minimum Gasteiger partial charge on any atom is -0.489 e. The summed E-state index contributed by atoms with van der Waals surface area (Å²) in [6.45, 7) is 5.61. The van der Waals surface area contributed by atoms with Crippen LogP contribution < -0.4 is 14.8 Å². The maximum atomic E-state index is 13.2. The SMILES string of the molecule is CC(C)n1ncc2c(C(=O)NCc3cc(Cl)c4c(c3)OCCCO4)cc(C3CC3)nc21. The van der Waals surface area contributed by atoms with E-state index in [1.54, 1.807) is 6.20 Å². The molecular weight excluding hydrogens is 416 g/mol. The molecule has 8 heteroatoms. The lowest BCUT2D eigenvalue weighted by molar-refractivity contribution is 0.0952. The lowest BCUT2D eigenvalue weighted by Gasteiger charge is -2.13. The zero-order valence-electron chi connectivity index (χ0n) is 17.7. The second kappa shape index (κ2) is 8.04. The zero-order chi connectivity index (χ0) is 21.5. The second-order valence-corrected chi connectivity index (χ2v) is 8.83. The molecule has 2 aliphatic rings. The summed E-state index contributed by atoms with van der Waals surface area (Å²) in [5.74, 6) is 1.47. The number of benzene rings is 1. The van der Waals surface area contributed by atoms with E-state index >= 15 is 0 Å². The number of carbonyl (C=O) groups excluding carboxylic acids is 1. The van der Waals surface area contributed by atoms with Crippen LogP contribution in [0.1, 0.15) is 66.7 Å². The Labute approximate surface area is 185 Å². The van der Waals surface area contributed by atoms with Crippen LogP contribution in [-0.4, -0.2) is 33.9 Å². The highest BCUT2D eigenvalue weighted by Gasteiger charge is 2.28. The van der Waals surface area contributed by atoms with Crippen molar-refractivity contribution in [2.75, 3.05) is 13.2 Å². The van der Waals surface area contributed by atoms with Crippen LogP contribution in [0.2, 0.25) is 5.02 Å². The molecule has 1 saturated carbocycles. The maximum absolute atomic E-state index is 13.2. The first kappa shape index (κ1) is 20.1. The van der Waals surface area contributed by atoms with E-state index in [0.717, 1.165) is 41.6 Å². The van der Waals surface area contributed by atoms with Crippen molar-refractivity contribution >= 4 is 28.5 Å². The Morgan fingerprint density at radius 3 is 2.84 bits per heavy atom. The molecule has 0 spiro atoms. The second-order valence-electron chi connectivity index (χ2n) is 8.43. The summed E-state index contributed by atoms with van der Waals surface area (Å²) in [6, 6.07) is 5.77. The van der Waals surface area contributed by atoms with Crippen LogP contribution in [0.3, 0.4) is 0 Å². The molecule has 162 valence electrons. The smallest absolute Gasteiger partial charge is 0.252 e. The van der Waals surface area contributed by atoms with Crippen LogP contribution in [0, 0.1) is 0 Å². The molecule has 1 N–H and O–H groups in total. The van der Waals surface area contributed by atoms with Gasteiger partial charge in [-0.3, -0.25) is 4.79 Å². The molecule has 3 aromatic rings. The Bertz CT molecular complexity index is 1150. The van der Waals surface area contributed by atoms with Crippen molar-refractivity contribution in [3.8, 4) is 11.5 Å². The third-order valence-electron chi connectivity index (χ3n) is 5.63. The summed E-state index contributed by atoms with van der Waals surface area (Å²) < 4.78 is 13.3. The molecule has 0 saturated heterocycles. The molecule has 1 amide bonds. The van der Waals surface area contributed by atoms with Crippen molar-refractivity contribution in [3.05, 3.63) is 46.2 Å². The van der Waals surface area contributed by atoms with Gasteiger partial charge < -0.3 is 14.8 Å². The zero-order valence-corrected chi connectivity index (χ0v) is 18.4. The average molecular weight is 441 g/mol. The van der Waals surface area contributed by atoms with Crippen molar-refractivity contribution in [1.82, 2.24) is 20.1 Å². The predicted octanol–water partition coefficient (Wildman–Crippen LogP) is 4.63. The molecule has 3 heterocycles. The lowest BCUT2D eigenvalue weighted by atomic mass is 10.1. The molecule has 2 aromatic heterocycles. The topological polar surface area (TPSA) is 78.3 Å². The Morgan fingerprint density at radius 1 is 1.26 bits per heavy atom. The Kier molecular flexibility index (Phi) is 5.22. The van der Waals surface area contributed by atoms with Gasteiger partial charge in [0.1, 0.15) is 0 Å². The van der Waals surface area contributed by atoms with Gasteiger partial charge >= 0.3 is 0 Å². The minimum atomic E-state index is -0.152. The molecule has 31 heavy (non-hydrogen) atoms. The summed E-state index contributed by atoms with van der Waals surface area (Å²) in [6.07, 6.45) is 4.77. The Morgan fingerprint density at radius 2 is 2.06 bits per heavy atom. The number of amides is 1. The first-order chi connectivity index (χ1) is 15.0.